The molecule has 1 amide bonds. The molecule has 4 heteroatoms. The quantitative estimate of drug-likeness (QED) is 0.668. The Bertz CT molecular complexity index is 300. The van der Waals surface area contributed by atoms with Gasteiger partial charge in [-0.05, 0) is 25.1 Å². The molecule has 0 bridgehead atoms. The molecule has 0 saturated carbocycles. The van der Waals surface area contributed by atoms with Crippen LogP contribution in [0.1, 0.15) is 19.0 Å². The monoisotopic (exact) mass is 221 g/mol. The van der Waals surface area contributed by atoms with Gasteiger partial charge in [-0.3, -0.25) is 9.78 Å². The second-order valence-corrected chi connectivity index (χ2v) is 3.52. The second kappa shape index (κ2) is 7.82. The van der Waals surface area contributed by atoms with Gasteiger partial charge < -0.3 is 10.6 Å². The fourth-order valence-corrected chi connectivity index (χ4v) is 1.34. The molecule has 0 unspecified atom stereocenters. The number of carbonyl (C=O) groups is 1. The Kier molecular flexibility index (Phi) is 6.18. The fourth-order valence-electron chi connectivity index (χ4n) is 1.34. The Balaban J connectivity index is 2.11. The summed E-state index contributed by atoms with van der Waals surface area (Å²) in [5.41, 5.74) is 0.962. The molecule has 0 aliphatic carbocycles. The molecule has 16 heavy (non-hydrogen) atoms. The molecule has 0 saturated heterocycles. The smallest absolute Gasteiger partial charge is 0.220 e. The predicted octanol–water partition coefficient (Wildman–Crippen LogP) is 0.740. The lowest BCUT2D eigenvalue weighted by atomic mass is 10.2. The lowest BCUT2D eigenvalue weighted by Gasteiger charge is -2.05. The van der Waals surface area contributed by atoms with Crippen LogP contribution in [0.4, 0.5) is 0 Å². The summed E-state index contributed by atoms with van der Waals surface area (Å²) in [6.45, 7) is 4.49. The first kappa shape index (κ1) is 12.6. The van der Waals surface area contributed by atoms with Crippen molar-refractivity contribution in [2.75, 3.05) is 19.6 Å². The summed E-state index contributed by atoms with van der Waals surface area (Å²) in [5.74, 6) is 0.0866. The first-order valence-electron chi connectivity index (χ1n) is 5.70. The molecule has 0 aliphatic rings. The maximum Gasteiger partial charge on any atom is 0.220 e. The minimum absolute atomic E-state index is 0.0866. The summed E-state index contributed by atoms with van der Waals surface area (Å²) >= 11 is 0. The van der Waals surface area contributed by atoms with Gasteiger partial charge in [0.1, 0.15) is 0 Å². The summed E-state index contributed by atoms with van der Waals surface area (Å²) in [5, 5.41) is 6.01. The molecule has 0 aliphatic heterocycles. The number of aryl methyl sites for hydroxylation is 1. The third kappa shape index (κ3) is 5.46. The number of amides is 1. The maximum absolute atomic E-state index is 11.4. The highest BCUT2D eigenvalue weighted by atomic mass is 16.1. The van der Waals surface area contributed by atoms with Crippen LogP contribution >= 0.6 is 0 Å². The van der Waals surface area contributed by atoms with Crippen LogP contribution in [0.15, 0.2) is 24.4 Å². The van der Waals surface area contributed by atoms with Crippen LogP contribution in [-0.4, -0.2) is 30.5 Å². The molecule has 1 rings (SSSR count). The van der Waals surface area contributed by atoms with E-state index < -0.39 is 0 Å². The van der Waals surface area contributed by atoms with Crippen molar-refractivity contribution in [2.45, 2.75) is 19.8 Å². The Hall–Kier alpha value is -1.42. The van der Waals surface area contributed by atoms with E-state index in [1.165, 1.54) is 0 Å². The van der Waals surface area contributed by atoms with E-state index >= 15 is 0 Å². The standard InChI is InChI=1S/C12H19N3O/c1-2-13-9-10-15-12(16)7-6-11-5-3-4-8-14-11/h3-5,8,13H,2,6-7,9-10H2,1H3,(H,15,16). The van der Waals surface area contributed by atoms with Gasteiger partial charge in [0.15, 0.2) is 0 Å². The number of nitrogens with zero attached hydrogens (tertiary/aromatic N) is 1. The first-order valence-corrected chi connectivity index (χ1v) is 5.70. The van der Waals surface area contributed by atoms with Gasteiger partial charge in [0.2, 0.25) is 5.91 Å². The molecular formula is C12H19N3O. The van der Waals surface area contributed by atoms with Gasteiger partial charge in [-0.25, -0.2) is 0 Å². The van der Waals surface area contributed by atoms with Crippen LogP contribution in [-0.2, 0) is 11.2 Å². The number of rotatable bonds is 7. The van der Waals surface area contributed by atoms with Crippen LogP contribution in [0.5, 0.6) is 0 Å². The molecule has 0 fully saturated rings. The molecule has 1 aromatic heterocycles. The predicted molar refractivity (Wildman–Crippen MR) is 64.1 cm³/mol. The lowest BCUT2D eigenvalue weighted by molar-refractivity contribution is -0.121. The molecule has 1 aromatic rings. The third-order valence-corrected chi connectivity index (χ3v) is 2.21. The largest absolute Gasteiger partial charge is 0.355 e. The van der Waals surface area contributed by atoms with Crippen molar-refractivity contribution in [3.8, 4) is 0 Å². The van der Waals surface area contributed by atoms with Crippen molar-refractivity contribution in [3.63, 3.8) is 0 Å². The van der Waals surface area contributed by atoms with Gasteiger partial charge in [0.25, 0.3) is 0 Å². The highest BCUT2D eigenvalue weighted by Crippen LogP contribution is 1.97. The van der Waals surface area contributed by atoms with E-state index in [1.807, 2.05) is 25.1 Å². The van der Waals surface area contributed by atoms with E-state index in [9.17, 15) is 4.79 Å². The SMILES string of the molecule is CCNCCNC(=O)CCc1ccccn1. The Labute approximate surface area is 96.5 Å². The van der Waals surface area contributed by atoms with Crippen LogP contribution in [0, 0.1) is 0 Å². The first-order chi connectivity index (χ1) is 7.83. The minimum atomic E-state index is 0.0866. The summed E-state index contributed by atoms with van der Waals surface area (Å²) in [6.07, 6.45) is 2.95. The summed E-state index contributed by atoms with van der Waals surface area (Å²) in [7, 11) is 0. The van der Waals surface area contributed by atoms with Crippen LogP contribution in [0.25, 0.3) is 0 Å². The molecule has 0 spiro atoms. The zero-order valence-corrected chi connectivity index (χ0v) is 9.70. The van der Waals surface area contributed by atoms with E-state index in [2.05, 4.69) is 15.6 Å². The van der Waals surface area contributed by atoms with Crippen molar-refractivity contribution < 1.29 is 4.79 Å². The normalized spacial score (nSPS) is 10.1. The molecule has 2 N–H and O–H groups in total. The van der Waals surface area contributed by atoms with Gasteiger partial charge in [-0.15, -0.1) is 0 Å². The van der Waals surface area contributed by atoms with E-state index in [-0.39, 0.29) is 5.91 Å². The maximum atomic E-state index is 11.4. The van der Waals surface area contributed by atoms with Crippen molar-refractivity contribution in [1.82, 2.24) is 15.6 Å². The summed E-state index contributed by atoms with van der Waals surface area (Å²) in [4.78, 5) is 15.6. The summed E-state index contributed by atoms with van der Waals surface area (Å²) < 4.78 is 0. The second-order valence-electron chi connectivity index (χ2n) is 3.52. The Morgan fingerprint density at radius 2 is 2.25 bits per heavy atom. The van der Waals surface area contributed by atoms with Crippen LogP contribution in [0.3, 0.4) is 0 Å². The van der Waals surface area contributed by atoms with Crippen molar-refractivity contribution >= 4 is 5.91 Å². The van der Waals surface area contributed by atoms with Crippen molar-refractivity contribution in [3.05, 3.63) is 30.1 Å². The lowest BCUT2D eigenvalue weighted by Crippen LogP contribution is -2.31. The number of likely N-dealkylation sites (N-methyl/N-ethyl adjacent to an activating group) is 1. The van der Waals surface area contributed by atoms with E-state index in [1.54, 1.807) is 6.20 Å². The highest BCUT2D eigenvalue weighted by molar-refractivity contribution is 5.76. The summed E-state index contributed by atoms with van der Waals surface area (Å²) in [6, 6.07) is 5.75. The number of hydrogen-bond acceptors (Lipinski definition) is 3. The van der Waals surface area contributed by atoms with Crippen LogP contribution in [0.2, 0.25) is 0 Å². The zero-order valence-electron chi connectivity index (χ0n) is 9.70. The molecule has 0 atom stereocenters. The van der Waals surface area contributed by atoms with Gasteiger partial charge in [0.05, 0.1) is 0 Å². The molecule has 1 heterocycles. The molecule has 0 aromatic carbocycles. The number of aromatic nitrogens is 1. The Morgan fingerprint density at radius 1 is 1.38 bits per heavy atom. The molecule has 0 radical (unpaired) electrons. The van der Waals surface area contributed by atoms with Crippen molar-refractivity contribution in [2.24, 2.45) is 0 Å². The number of hydrogen-bond donors (Lipinski definition) is 2. The number of nitrogens with one attached hydrogen (secondary N) is 2. The minimum Gasteiger partial charge on any atom is -0.355 e. The molecule has 88 valence electrons. The number of pyridine rings is 1. The average Bonchev–Trinajstić information content (AvgIpc) is 2.33. The topological polar surface area (TPSA) is 54.0 Å². The molecular weight excluding hydrogens is 202 g/mol. The zero-order chi connectivity index (χ0) is 11.6. The Morgan fingerprint density at radius 3 is 2.94 bits per heavy atom. The molecule has 4 nitrogen and oxygen atoms in total. The average molecular weight is 221 g/mol. The highest BCUT2D eigenvalue weighted by Gasteiger charge is 2.01. The van der Waals surface area contributed by atoms with Gasteiger partial charge >= 0.3 is 0 Å². The third-order valence-electron chi connectivity index (χ3n) is 2.21. The van der Waals surface area contributed by atoms with E-state index in [0.29, 0.717) is 19.4 Å². The van der Waals surface area contributed by atoms with Gasteiger partial charge in [0, 0.05) is 31.4 Å². The van der Waals surface area contributed by atoms with E-state index in [0.717, 1.165) is 18.8 Å². The van der Waals surface area contributed by atoms with E-state index in [4.69, 9.17) is 0 Å². The van der Waals surface area contributed by atoms with Gasteiger partial charge in [-0.2, -0.15) is 0 Å². The van der Waals surface area contributed by atoms with Crippen LogP contribution < -0.4 is 10.6 Å². The van der Waals surface area contributed by atoms with Crippen molar-refractivity contribution in [1.29, 1.82) is 0 Å². The van der Waals surface area contributed by atoms with Gasteiger partial charge in [-0.1, -0.05) is 13.0 Å². The fraction of sp³-hybridized carbons (Fsp3) is 0.500. The number of carbonyl (C=O) groups excluding carboxylic acids is 1.